The predicted molar refractivity (Wildman–Crippen MR) is 88.3 cm³/mol. The van der Waals surface area contributed by atoms with Gasteiger partial charge in [-0.3, -0.25) is 4.98 Å². The molecule has 2 heterocycles. The molecule has 1 fully saturated rings. The highest BCUT2D eigenvalue weighted by atomic mass is 19.2. The second kappa shape index (κ2) is 6.20. The van der Waals surface area contributed by atoms with Gasteiger partial charge in [-0.25, -0.2) is 14.4 Å². The number of hydrogen-bond acceptors (Lipinski definition) is 4. The molecule has 0 N–H and O–H groups in total. The van der Waals surface area contributed by atoms with Gasteiger partial charge in [0.2, 0.25) is 5.82 Å². The van der Waals surface area contributed by atoms with Gasteiger partial charge in [-0.05, 0) is 53.6 Å². The molecule has 1 saturated carbocycles. The van der Waals surface area contributed by atoms with E-state index in [2.05, 4.69) is 15.0 Å². The zero-order chi connectivity index (χ0) is 17.4. The van der Waals surface area contributed by atoms with Gasteiger partial charge in [0, 0.05) is 18.6 Å². The van der Waals surface area contributed by atoms with Gasteiger partial charge >= 0.3 is 0 Å². The van der Waals surface area contributed by atoms with Crippen LogP contribution in [0.2, 0.25) is 0 Å². The molecule has 0 radical (unpaired) electrons. The molecule has 0 aliphatic heterocycles. The zero-order valence-corrected chi connectivity index (χ0v) is 13.5. The van der Waals surface area contributed by atoms with E-state index in [1.54, 1.807) is 24.7 Å². The Morgan fingerprint density at radius 1 is 1.00 bits per heavy atom. The summed E-state index contributed by atoms with van der Waals surface area (Å²) >= 11 is 0. The maximum atomic E-state index is 13.7. The second-order valence-corrected chi connectivity index (χ2v) is 6.02. The van der Waals surface area contributed by atoms with Crippen molar-refractivity contribution in [2.45, 2.75) is 18.3 Å². The molecular formula is C19H15F2N3O. The SMILES string of the molecule is COc1cc(C2CC2c2cnc(-c3ccccn3)nc2)cc(F)c1F. The quantitative estimate of drug-likeness (QED) is 0.718. The smallest absolute Gasteiger partial charge is 0.200 e. The summed E-state index contributed by atoms with van der Waals surface area (Å²) in [6.07, 6.45) is 6.10. The summed E-state index contributed by atoms with van der Waals surface area (Å²) in [6, 6.07) is 8.37. The van der Waals surface area contributed by atoms with Crippen molar-refractivity contribution in [2.24, 2.45) is 0 Å². The topological polar surface area (TPSA) is 47.9 Å². The highest BCUT2D eigenvalue weighted by Gasteiger charge is 2.40. The summed E-state index contributed by atoms with van der Waals surface area (Å²) in [5, 5.41) is 0. The van der Waals surface area contributed by atoms with Crippen molar-refractivity contribution in [1.82, 2.24) is 15.0 Å². The Hall–Kier alpha value is -2.89. The molecule has 3 aromatic rings. The van der Waals surface area contributed by atoms with Gasteiger partial charge in [-0.1, -0.05) is 6.07 Å². The Morgan fingerprint density at radius 3 is 2.44 bits per heavy atom. The van der Waals surface area contributed by atoms with Crippen LogP contribution in [0.3, 0.4) is 0 Å². The minimum Gasteiger partial charge on any atom is -0.494 e. The van der Waals surface area contributed by atoms with Gasteiger partial charge in [0.05, 0.1) is 7.11 Å². The normalized spacial score (nSPS) is 18.8. The van der Waals surface area contributed by atoms with Crippen LogP contribution < -0.4 is 4.74 Å². The number of rotatable bonds is 4. The molecule has 0 saturated heterocycles. The lowest BCUT2D eigenvalue weighted by Crippen LogP contribution is -1.96. The molecule has 1 aliphatic rings. The van der Waals surface area contributed by atoms with Crippen LogP contribution in [0.25, 0.3) is 11.5 Å². The van der Waals surface area contributed by atoms with E-state index < -0.39 is 11.6 Å². The lowest BCUT2D eigenvalue weighted by atomic mass is 10.1. The largest absolute Gasteiger partial charge is 0.494 e. The van der Waals surface area contributed by atoms with E-state index in [9.17, 15) is 8.78 Å². The van der Waals surface area contributed by atoms with Gasteiger partial charge in [0.25, 0.3) is 0 Å². The average molecular weight is 339 g/mol. The summed E-state index contributed by atoms with van der Waals surface area (Å²) in [6.45, 7) is 0. The summed E-state index contributed by atoms with van der Waals surface area (Å²) in [7, 11) is 1.33. The molecule has 1 aliphatic carbocycles. The number of pyridine rings is 1. The molecular weight excluding hydrogens is 324 g/mol. The molecule has 2 aromatic heterocycles. The molecule has 0 amide bonds. The van der Waals surface area contributed by atoms with Crippen molar-refractivity contribution in [2.75, 3.05) is 7.11 Å². The molecule has 25 heavy (non-hydrogen) atoms. The fraction of sp³-hybridized carbons (Fsp3) is 0.211. The second-order valence-electron chi connectivity index (χ2n) is 6.02. The zero-order valence-electron chi connectivity index (χ0n) is 13.5. The summed E-state index contributed by atoms with van der Waals surface area (Å²) in [4.78, 5) is 13.0. The first kappa shape index (κ1) is 15.6. The average Bonchev–Trinajstić information content (AvgIpc) is 3.45. The fourth-order valence-corrected chi connectivity index (χ4v) is 3.03. The van der Waals surface area contributed by atoms with E-state index in [-0.39, 0.29) is 17.6 Å². The van der Waals surface area contributed by atoms with Crippen LogP contribution in [0.1, 0.15) is 29.4 Å². The number of halogens is 2. The van der Waals surface area contributed by atoms with Crippen molar-refractivity contribution < 1.29 is 13.5 Å². The van der Waals surface area contributed by atoms with Crippen molar-refractivity contribution in [3.63, 3.8) is 0 Å². The van der Waals surface area contributed by atoms with Crippen LogP contribution in [-0.4, -0.2) is 22.1 Å². The molecule has 126 valence electrons. The maximum absolute atomic E-state index is 13.7. The van der Waals surface area contributed by atoms with Gasteiger partial charge in [-0.2, -0.15) is 4.39 Å². The molecule has 0 spiro atoms. The minimum atomic E-state index is -0.952. The third kappa shape index (κ3) is 2.95. The monoisotopic (exact) mass is 339 g/mol. The third-order valence-corrected chi connectivity index (χ3v) is 4.45. The highest BCUT2D eigenvalue weighted by Crippen LogP contribution is 2.55. The van der Waals surface area contributed by atoms with Crippen LogP contribution in [-0.2, 0) is 0 Å². The van der Waals surface area contributed by atoms with Crippen molar-refractivity contribution >= 4 is 0 Å². The number of aromatic nitrogens is 3. The van der Waals surface area contributed by atoms with Gasteiger partial charge in [0.15, 0.2) is 17.4 Å². The summed E-state index contributed by atoms with van der Waals surface area (Å²) in [5.74, 6) is -1.02. The Morgan fingerprint density at radius 2 is 1.76 bits per heavy atom. The van der Waals surface area contributed by atoms with Gasteiger partial charge in [-0.15, -0.1) is 0 Å². The van der Waals surface area contributed by atoms with E-state index in [1.165, 1.54) is 13.2 Å². The van der Waals surface area contributed by atoms with Gasteiger partial charge < -0.3 is 4.74 Å². The molecule has 0 bridgehead atoms. The summed E-state index contributed by atoms with van der Waals surface area (Å²) < 4.78 is 32.2. The van der Waals surface area contributed by atoms with Crippen LogP contribution >= 0.6 is 0 Å². The van der Waals surface area contributed by atoms with E-state index in [0.717, 1.165) is 17.5 Å². The van der Waals surface area contributed by atoms with Crippen LogP contribution in [0.15, 0.2) is 48.9 Å². The Kier molecular flexibility index (Phi) is 3.87. The lowest BCUT2D eigenvalue weighted by Gasteiger charge is -2.07. The number of benzene rings is 1. The van der Waals surface area contributed by atoms with Crippen LogP contribution in [0.4, 0.5) is 8.78 Å². The van der Waals surface area contributed by atoms with E-state index in [4.69, 9.17) is 4.74 Å². The van der Waals surface area contributed by atoms with Crippen LogP contribution in [0, 0.1) is 11.6 Å². The minimum absolute atomic E-state index is 0.0672. The Labute approximate surface area is 143 Å². The molecule has 6 heteroatoms. The molecule has 4 rings (SSSR count). The number of nitrogens with zero attached hydrogens (tertiary/aromatic N) is 3. The van der Waals surface area contributed by atoms with E-state index in [1.807, 2.05) is 18.2 Å². The Balaban J connectivity index is 1.55. The van der Waals surface area contributed by atoms with Gasteiger partial charge in [0.1, 0.15) is 5.69 Å². The predicted octanol–water partition coefficient (Wildman–Crippen LogP) is 4.10. The van der Waals surface area contributed by atoms with E-state index in [0.29, 0.717) is 11.5 Å². The number of methoxy groups -OCH3 is 1. The lowest BCUT2D eigenvalue weighted by molar-refractivity contribution is 0.371. The first-order chi connectivity index (χ1) is 12.2. The fourth-order valence-electron chi connectivity index (χ4n) is 3.03. The van der Waals surface area contributed by atoms with Crippen molar-refractivity contribution in [3.05, 3.63) is 71.7 Å². The first-order valence-corrected chi connectivity index (χ1v) is 7.93. The molecule has 2 unspecified atom stereocenters. The van der Waals surface area contributed by atoms with Crippen LogP contribution in [0.5, 0.6) is 5.75 Å². The van der Waals surface area contributed by atoms with E-state index >= 15 is 0 Å². The number of hydrogen-bond donors (Lipinski definition) is 0. The molecule has 4 nitrogen and oxygen atoms in total. The molecule has 1 aromatic carbocycles. The highest BCUT2D eigenvalue weighted by molar-refractivity contribution is 5.48. The summed E-state index contributed by atoms with van der Waals surface area (Å²) in [5.41, 5.74) is 2.43. The van der Waals surface area contributed by atoms with Crippen molar-refractivity contribution in [1.29, 1.82) is 0 Å². The standard InChI is InChI=1S/C19H15F2N3O/c1-25-17-7-11(6-15(20)18(17)21)13-8-14(13)12-9-23-19(24-10-12)16-4-2-3-5-22-16/h2-7,9-10,13-14H,8H2,1H3. The first-order valence-electron chi connectivity index (χ1n) is 7.93. The van der Waals surface area contributed by atoms with Crippen molar-refractivity contribution in [3.8, 4) is 17.3 Å². The maximum Gasteiger partial charge on any atom is 0.200 e. The molecule has 2 atom stereocenters. The Bertz CT molecular complexity index is 901. The third-order valence-electron chi connectivity index (χ3n) is 4.45. The number of ether oxygens (including phenoxy) is 1.